The SMILES string of the molecule is COc1ccc(OC)c(NC(=O)COC(=O)Cn2c(C)nc3ccccc32)c1. The smallest absolute Gasteiger partial charge is 0.326 e. The van der Waals surface area contributed by atoms with Crippen molar-refractivity contribution in [3.05, 3.63) is 48.3 Å². The molecule has 0 aliphatic carbocycles. The molecule has 0 aliphatic rings. The number of ether oxygens (including phenoxy) is 3. The van der Waals surface area contributed by atoms with Crippen molar-refractivity contribution in [2.75, 3.05) is 26.1 Å². The van der Waals surface area contributed by atoms with Gasteiger partial charge in [-0.3, -0.25) is 9.59 Å². The van der Waals surface area contributed by atoms with E-state index in [0.717, 1.165) is 11.0 Å². The van der Waals surface area contributed by atoms with Gasteiger partial charge in [0.05, 0.1) is 30.9 Å². The summed E-state index contributed by atoms with van der Waals surface area (Å²) in [4.78, 5) is 28.8. The van der Waals surface area contributed by atoms with Crippen LogP contribution in [0.2, 0.25) is 0 Å². The minimum absolute atomic E-state index is 0.0257. The Morgan fingerprint density at radius 3 is 2.64 bits per heavy atom. The maximum Gasteiger partial charge on any atom is 0.326 e. The van der Waals surface area contributed by atoms with E-state index in [1.165, 1.54) is 14.2 Å². The minimum atomic E-state index is -0.529. The molecule has 0 fully saturated rings. The third-order valence-electron chi connectivity index (χ3n) is 4.18. The van der Waals surface area contributed by atoms with Gasteiger partial charge < -0.3 is 24.1 Å². The van der Waals surface area contributed by atoms with Crippen LogP contribution in [0.25, 0.3) is 11.0 Å². The van der Waals surface area contributed by atoms with Crippen LogP contribution in [0.4, 0.5) is 5.69 Å². The normalized spacial score (nSPS) is 10.5. The Morgan fingerprint density at radius 2 is 1.89 bits per heavy atom. The zero-order chi connectivity index (χ0) is 20.1. The van der Waals surface area contributed by atoms with E-state index < -0.39 is 18.5 Å². The average molecular weight is 383 g/mol. The summed E-state index contributed by atoms with van der Waals surface area (Å²) >= 11 is 0. The number of carbonyl (C=O) groups excluding carboxylic acids is 2. The second-order valence-electron chi connectivity index (χ2n) is 6.01. The van der Waals surface area contributed by atoms with E-state index in [9.17, 15) is 9.59 Å². The predicted octanol–water partition coefficient (Wildman–Crippen LogP) is 2.54. The number of amides is 1. The number of methoxy groups -OCH3 is 2. The summed E-state index contributed by atoms with van der Waals surface area (Å²) in [6, 6.07) is 12.5. The molecular formula is C20H21N3O5. The molecule has 1 heterocycles. The van der Waals surface area contributed by atoms with Crippen LogP contribution < -0.4 is 14.8 Å². The third kappa shape index (κ3) is 4.22. The van der Waals surface area contributed by atoms with Gasteiger partial charge in [-0.15, -0.1) is 0 Å². The lowest BCUT2D eigenvalue weighted by molar-refractivity contribution is -0.147. The number of esters is 1. The fraction of sp³-hybridized carbons (Fsp3) is 0.250. The molecule has 0 aliphatic heterocycles. The molecule has 0 unspecified atom stereocenters. The van der Waals surface area contributed by atoms with Crippen LogP contribution in [0.1, 0.15) is 5.82 Å². The van der Waals surface area contributed by atoms with E-state index in [0.29, 0.717) is 23.0 Å². The maximum absolute atomic E-state index is 12.2. The van der Waals surface area contributed by atoms with Crippen molar-refractivity contribution in [3.8, 4) is 11.5 Å². The largest absolute Gasteiger partial charge is 0.497 e. The molecule has 0 bridgehead atoms. The highest BCUT2D eigenvalue weighted by Crippen LogP contribution is 2.28. The fourth-order valence-corrected chi connectivity index (χ4v) is 2.81. The van der Waals surface area contributed by atoms with Crippen LogP contribution in [-0.4, -0.2) is 42.3 Å². The van der Waals surface area contributed by atoms with Crippen molar-refractivity contribution in [2.24, 2.45) is 0 Å². The van der Waals surface area contributed by atoms with Gasteiger partial charge in [0.1, 0.15) is 23.9 Å². The number of benzene rings is 2. The molecule has 3 rings (SSSR count). The number of para-hydroxylation sites is 2. The van der Waals surface area contributed by atoms with Crippen molar-refractivity contribution < 1.29 is 23.8 Å². The quantitative estimate of drug-likeness (QED) is 0.631. The highest BCUT2D eigenvalue weighted by Gasteiger charge is 2.14. The van der Waals surface area contributed by atoms with Gasteiger partial charge in [-0.2, -0.15) is 0 Å². The number of aromatic nitrogens is 2. The van der Waals surface area contributed by atoms with Crippen molar-refractivity contribution in [1.29, 1.82) is 0 Å². The molecule has 0 atom stereocenters. The first-order valence-electron chi connectivity index (χ1n) is 8.61. The lowest BCUT2D eigenvalue weighted by Crippen LogP contribution is -2.23. The minimum Gasteiger partial charge on any atom is -0.497 e. The van der Waals surface area contributed by atoms with E-state index in [4.69, 9.17) is 14.2 Å². The van der Waals surface area contributed by atoms with Gasteiger partial charge in [0, 0.05) is 6.07 Å². The molecule has 0 saturated heterocycles. The molecule has 3 aromatic rings. The Kier molecular flexibility index (Phi) is 5.78. The molecule has 1 amide bonds. The number of hydrogen-bond acceptors (Lipinski definition) is 6. The van der Waals surface area contributed by atoms with Gasteiger partial charge in [0.25, 0.3) is 5.91 Å². The summed E-state index contributed by atoms with van der Waals surface area (Å²) in [5, 5.41) is 2.65. The molecule has 8 heteroatoms. The van der Waals surface area contributed by atoms with Gasteiger partial charge >= 0.3 is 5.97 Å². The molecular weight excluding hydrogens is 362 g/mol. The molecule has 2 aromatic carbocycles. The van der Waals surface area contributed by atoms with Gasteiger partial charge in [-0.25, -0.2) is 4.98 Å². The van der Waals surface area contributed by atoms with Gasteiger partial charge in [-0.1, -0.05) is 12.1 Å². The van der Waals surface area contributed by atoms with Gasteiger partial charge in [0.2, 0.25) is 0 Å². The Bertz CT molecular complexity index is 1010. The zero-order valence-electron chi connectivity index (χ0n) is 15.9. The average Bonchev–Trinajstić information content (AvgIpc) is 3.01. The van der Waals surface area contributed by atoms with E-state index >= 15 is 0 Å². The topological polar surface area (TPSA) is 91.7 Å². The number of aryl methyl sites for hydroxylation is 1. The summed E-state index contributed by atoms with van der Waals surface area (Å²) in [7, 11) is 3.02. The highest BCUT2D eigenvalue weighted by atomic mass is 16.5. The molecule has 8 nitrogen and oxygen atoms in total. The van der Waals surface area contributed by atoms with Gasteiger partial charge in [0.15, 0.2) is 6.61 Å². The second-order valence-corrected chi connectivity index (χ2v) is 6.01. The van der Waals surface area contributed by atoms with E-state index in [1.54, 1.807) is 22.8 Å². The predicted molar refractivity (Wildman–Crippen MR) is 104 cm³/mol. The number of anilines is 1. The molecule has 0 saturated carbocycles. The Labute approximate surface area is 162 Å². The van der Waals surface area contributed by atoms with Crippen LogP contribution in [0.3, 0.4) is 0 Å². The zero-order valence-corrected chi connectivity index (χ0v) is 15.9. The fourth-order valence-electron chi connectivity index (χ4n) is 2.81. The first-order valence-corrected chi connectivity index (χ1v) is 8.61. The van der Waals surface area contributed by atoms with Crippen LogP contribution in [0.15, 0.2) is 42.5 Å². The Balaban J connectivity index is 1.60. The van der Waals surface area contributed by atoms with Crippen LogP contribution in [-0.2, 0) is 20.9 Å². The standard InChI is InChI=1S/C20H21N3O5/c1-13-21-15-6-4-5-7-17(15)23(13)11-20(25)28-12-19(24)22-16-10-14(26-2)8-9-18(16)27-3/h4-10H,11-12H2,1-3H3,(H,22,24). The number of rotatable bonds is 7. The van der Waals surface area contributed by atoms with Crippen molar-refractivity contribution >= 4 is 28.6 Å². The van der Waals surface area contributed by atoms with Crippen LogP contribution in [0.5, 0.6) is 11.5 Å². The van der Waals surface area contributed by atoms with E-state index in [-0.39, 0.29) is 6.54 Å². The molecule has 0 spiro atoms. The van der Waals surface area contributed by atoms with Crippen molar-refractivity contribution in [2.45, 2.75) is 13.5 Å². The van der Waals surface area contributed by atoms with Crippen LogP contribution in [0, 0.1) is 6.92 Å². The molecule has 146 valence electrons. The second kappa shape index (κ2) is 8.43. The summed E-state index contributed by atoms with van der Waals surface area (Å²) in [6.07, 6.45) is 0. The van der Waals surface area contributed by atoms with E-state index in [2.05, 4.69) is 10.3 Å². The summed E-state index contributed by atoms with van der Waals surface area (Å²) in [5.41, 5.74) is 2.07. The molecule has 28 heavy (non-hydrogen) atoms. The summed E-state index contributed by atoms with van der Waals surface area (Å²) < 4.78 is 17.2. The number of fused-ring (bicyclic) bond motifs is 1. The number of hydrogen-bond donors (Lipinski definition) is 1. The monoisotopic (exact) mass is 383 g/mol. The summed E-state index contributed by atoms with van der Waals surface area (Å²) in [5.74, 6) is 0.728. The Hall–Kier alpha value is -3.55. The van der Waals surface area contributed by atoms with Crippen molar-refractivity contribution in [3.63, 3.8) is 0 Å². The molecule has 0 radical (unpaired) electrons. The summed E-state index contributed by atoms with van der Waals surface area (Å²) in [6.45, 7) is 1.38. The van der Waals surface area contributed by atoms with E-state index in [1.807, 2.05) is 31.2 Å². The number of nitrogens with one attached hydrogen (secondary N) is 1. The molecule has 1 aromatic heterocycles. The van der Waals surface area contributed by atoms with Crippen molar-refractivity contribution in [1.82, 2.24) is 9.55 Å². The third-order valence-corrected chi connectivity index (χ3v) is 4.18. The number of imidazole rings is 1. The Morgan fingerprint density at radius 1 is 1.11 bits per heavy atom. The number of carbonyl (C=O) groups is 2. The first-order chi connectivity index (χ1) is 13.5. The lowest BCUT2D eigenvalue weighted by atomic mass is 10.2. The van der Waals surface area contributed by atoms with Crippen LogP contribution >= 0.6 is 0 Å². The number of nitrogens with zero attached hydrogens (tertiary/aromatic N) is 2. The highest BCUT2D eigenvalue weighted by molar-refractivity contribution is 5.94. The molecule has 1 N–H and O–H groups in total. The lowest BCUT2D eigenvalue weighted by Gasteiger charge is -2.12. The van der Waals surface area contributed by atoms with Gasteiger partial charge in [-0.05, 0) is 31.2 Å². The first kappa shape index (κ1) is 19.2. The maximum atomic E-state index is 12.2.